The number of hydrogen-bond donors (Lipinski definition) is 3. The van der Waals surface area contributed by atoms with Crippen LogP contribution in [0.5, 0.6) is 0 Å². The summed E-state index contributed by atoms with van der Waals surface area (Å²) in [5.41, 5.74) is 0. The number of esters is 4. The average molecular weight is 1480 g/mol. The minimum atomic E-state index is -4.98. The number of unbranched alkanes of at least 4 members (excludes halogenated alkanes) is 34. The molecular weight excluding hydrogens is 1330 g/mol. The van der Waals surface area contributed by atoms with Crippen LogP contribution in [0.4, 0.5) is 0 Å². The van der Waals surface area contributed by atoms with Gasteiger partial charge in [-0.3, -0.25) is 37.3 Å². The Morgan fingerprint density at radius 1 is 0.284 bits per heavy atom. The van der Waals surface area contributed by atoms with Gasteiger partial charge in [0.2, 0.25) is 0 Å². The molecule has 0 aliphatic rings. The van der Waals surface area contributed by atoms with Crippen LogP contribution in [0.2, 0.25) is 0 Å². The van der Waals surface area contributed by atoms with E-state index in [0.29, 0.717) is 25.7 Å². The molecule has 590 valence electrons. The topological polar surface area (TPSA) is 237 Å². The number of hydrogen-bond acceptors (Lipinski definition) is 15. The minimum absolute atomic E-state index is 0.0790. The maximum absolute atomic E-state index is 13.1. The SMILES string of the molecule is CC/C=C\C/C=C\C/C=C\C/C=C\CCCCCCC(=O)OCC(COP(=O)(O)OCC(O)COP(=O)(O)OCC(COC(=O)CCCCCCCC/C=C\C/C=C\C/C=C\CCCCC)OC(=O)CCCCCCCCCCCCCCCCC)OC(=O)CCCCCCC/C=C\CCCC. The molecule has 102 heavy (non-hydrogen) atoms. The van der Waals surface area contributed by atoms with Crippen molar-refractivity contribution in [1.29, 1.82) is 0 Å². The van der Waals surface area contributed by atoms with Gasteiger partial charge in [-0.05, 0) is 122 Å². The van der Waals surface area contributed by atoms with Gasteiger partial charge in [0, 0.05) is 25.7 Å². The number of allylic oxidation sites excluding steroid dienone is 16. The van der Waals surface area contributed by atoms with Crippen molar-refractivity contribution in [2.75, 3.05) is 39.6 Å². The first-order chi connectivity index (χ1) is 49.7. The molecule has 0 rings (SSSR count). The van der Waals surface area contributed by atoms with Crippen molar-refractivity contribution in [3.63, 3.8) is 0 Å². The normalized spacial score (nSPS) is 14.4. The molecule has 19 heteroatoms. The van der Waals surface area contributed by atoms with E-state index in [4.69, 9.17) is 37.0 Å². The first kappa shape index (κ1) is 98.0. The van der Waals surface area contributed by atoms with E-state index in [1.54, 1.807) is 0 Å². The molecule has 0 saturated carbocycles. The molecule has 0 aromatic carbocycles. The lowest BCUT2D eigenvalue weighted by Gasteiger charge is -2.21. The monoisotopic (exact) mass is 1480 g/mol. The zero-order valence-corrected chi connectivity index (χ0v) is 66.3. The predicted octanol–water partition coefficient (Wildman–Crippen LogP) is 23.6. The van der Waals surface area contributed by atoms with Gasteiger partial charge in [-0.2, -0.15) is 0 Å². The van der Waals surface area contributed by atoms with Crippen LogP contribution in [0, 0.1) is 0 Å². The quantitative estimate of drug-likeness (QED) is 0.0169. The van der Waals surface area contributed by atoms with Crippen molar-refractivity contribution >= 4 is 39.5 Å². The molecule has 0 aromatic heterocycles. The molecule has 0 radical (unpaired) electrons. The van der Waals surface area contributed by atoms with Crippen molar-refractivity contribution in [3.05, 3.63) is 97.2 Å². The fraction of sp³-hybridized carbons (Fsp3) is 0.759. The second kappa shape index (κ2) is 75.2. The molecule has 5 atom stereocenters. The second-order valence-corrected chi connectivity index (χ2v) is 29.9. The minimum Gasteiger partial charge on any atom is -0.462 e. The van der Waals surface area contributed by atoms with Crippen LogP contribution in [0.1, 0.15) is 349 Å². The van der Waals surface area contributed by atoms with Gasteiger partial charge in [-0.25, -0.2) is 9.13 Å². The smallest absolute Gasteiger partial charge is 0.462 e. The van der Waals surface area contributed by atoms with Crippen LogP contribution < -0.4 is 0 Å². The maximum atomic E-state index is 13.1. The summed E-state index contributed by atoms with van der Waals surface area (Å²) in [5.74, 6) is -2.20. The molecule has 0 amide bonds. The van der Waals surface area contributed by atoms with E-state index in [9.17, 15) is 43.2 Å². The lowest BCUT2D eigenvalue weighted by atomic mass is 10.0. The molecule has 0 heterocycles. The molecule has 0 fully saturated rings. The van der Waals surface area contributed by atoms with Crippen molar-refractivity contribution < 1.29 is 80.2 Å². The van der Waals surface area contributed by atoms with E-state index < -0.39 is 97.5 Å². The van der Waals surface area contributed by atoms with Crippen molar-refractivity contribution in [3.8, 4) is 0 Å². The Morgan fingerprint density at radius 3 is 0.843 bits per heavy atom. The molecule has 0 aliphatic carbocycles. The van der Waals surface area contributed by atoms with E-state index in [0.717, 1.165) is 173 Å². The zero-order chi connectivity index (χ0) is 74.6. The average Bonchev–Trinajstić information content (AvgIpc) is 0.926. The van der Waals surface area contributed by atoms with E-state index in [-0.39, 0.29) is 25.7 Å². The van der Waals surface area contributed by atoms with Crippen molar-refractivity contribution in [2.24, 2.45) is 0 Å². The van der Waals surface area contributed by atoms with Gasteiger partial charge >= 0.3 is 39.5 Å². The molecule has 0 aromatic rings. The summed E-state index contributed by atoms with van der Waals surface area (Å²) >= 11 is 0. The first-order valence-corrected chi connectivity index (χ1v) is 43.5. The van der Waals surface area contributed by atoms with E-state index in [2.05, 4.69) is 125 Å². The molecule has 5 unspecified atom stereocenters. The lowest BCUT2D eigenvalue weighted by molar-refractivity contribution is -0.161. The number of aliphatic hydroxyl groups excluding tert-OH is 1. The van der Waals surface area contributed by atoms with Gasteiger partial charge in [-0.15, -0.1) is 0 Å². The van der Waals surface area contributed by atoms with Crippen LogP contribution >= 0.6 is 15.6 Å². The Kier molecular flexibility index (Phi) is 72.3. The van der Waals surface area contributed by atoms with Gasteiger partial charge in [0.15, 0.2) is 12.2 Å². The molecular formula is C83H146O17P2. The second-order valence-electron chi connectivity index (χ2n) is 27.0. The third kappa shape index (κ3) is 74.3. The summed E-state index contributed by atoms with van der Waals surface area (Å²) in [5, 5.41) is 10.6. The van der Waals surface area contributed by atoms with Gasteiger partial charge in [-0.1, -0.05) is 298 Å². The number of carbonyl (C=O) groups excluding carboxylic acids is 4. The first-order valence-electron chi connectivity index (χ1n) is 40.5. The van der Waals surface area contributed by atoms with E-state index in [1.807, 2.05) is 0 Å². The van der Waals surface area contributed by atoms with Gasteiger partial charge in [0.1, 0.15) is 19.3 Å². The molecule has 3 N–H and O–H groups in total. The summed E-state index contributed by atoms with van der Waals surface area (Å²) in [6, 6.07) is 0. The Labute approximate surface area is 620 Å². The van der Waals surface area contributed by atoms with Crippen molar-refractivity contribution in [1.82, 2.24) is 0 Å². The Bertz CT molecular complexity index is 2310. The fourth-order valence-corrected chi connectivity index (χ4v) is 12.4. The highest BCUT2D eigenvalue weighted by molar-refractivity contribution is 7.47. The van der Waals surface area contributed by atoms with Crippen LogP contribution in [0.3, 0.4) is 0 Å². The van der Waals surface area contributed by atoms with E-state index >= 15 is 0 Å². The Morgan fingerprint density at radius 2 is 0.520 bits per heavy atom. The summed E-state index contributed by atoms with van der Waals surface area (Å²) < 4.78 is 68.6. The predicted molar refractivity (Wildman–Crippen MR) is 418 cm³/mol. The zero-order valence-electron chi connectivity index (χ0n) is 64.5. The summed E-state index contributed by atoms with van der Waals surface area (Å²) in [6.45, 7) is 4.69. The standard InChI is InChI=1S/C83H146O17P2/c1-5-9-13-17-21-25-29-32-35-37-38-40-43-45-49-52-56-60-64-68-81(86)94-74-79(100-83(88)70-66-62-58-54-50-46-41-34-31-27-23-19-15-11-7-3)76-98-102(91,92)96-72-77(84)71-95-101(89,90)97-75-78(99-82(87)69-65-61-57-53-47-28-24-20-16-12-8-4)73-93-80(85)67-63-59-55-51-48-44-42-39-36-33-30-26-22-18-14-10-6-2/h10,14,20-22,24-26,32-33,35-36,38,40,42,44,77-79,84H,5-9,11-13,15-19,23,27-31,34,37,39,41,43,45-76H2,1-4H3,(H,89,90)(H,91,92)/b14-10-,24-20-,25-21-,26-22-,35-32-,36-33-,40-38-,44-42-. The van der Waals surface area contributed by atoms with Crippen LogP contribution in [0.15, 0.2) is 97.2 Å². The van der Waals surface area contributed by atoms with E-state index in [1.165, 1.54) is 96.3 Å². The summed E-state index contributed by atoms with van der Waals surface area (Å²) in [7, 11) is -9.96. The highest BCUT2D eigenvalue weighted by Crippen LogP contribution is 2.45. The van der Waals surface area contributed by atoms with Gasteiger partial charge < -0.3 is 33.8 Å². The van der Waals surface area contributed by atoms with Gasteiger partial charge in [0.05, 0.1) is 26.4 Å². The number of rotatable bonds is 76. The Hall–Kier alpha value is -4.02. The molecule has 0 saturated heterocycles. The number of phosphoric ester groups is 2. The third-order valence-electron chi connectivity index (χ3n) is 17.0. The molecule has 0 spiro atoms. The number of aliphatic hydroxyl groups is 1. The molecule has 0 aliphatic heterocycles. The molecule has 17 nitrogen and oxygen atoms in total. The van der Waals surface area contributed by atoms with Crippen molar-refractivity contribution in [2.45, 2.75) is 367 Å². The molecule has 0 bridgehead atoms. The highest BCUT2D eigenvalue weighted by Gasteiger charge is 2.30. The van der Waals surface area contributed by atoms with Crippen LogP contribution in [-0.2, 0) is 65.4 Å². The Balaban J connectivity index is 5.33. The lowest BCUT2D eigenvalue weighted by Crippen LogP contribution is -2.30. The number of phosphoric acid groups is 2. The number of ether oxygens (including phenoxy) is 4. The van der Waals surface area contributed by atoms with Crippen LogP contribution in [-0.4, -0.2) is 96.7 Å². The highest BCUT2D eigenvalue weighted by atomic mass is 31.2. The summed E-state index contributed by atoms with van der Waals surface area (Å²) in [4.78, 5) is 73.0. The largest absolute Gasteiger partial charge is 0.472 e. The number of carbonyl (C=O) groups is 4. The summed E-state index contributed by atoms with van der Waals surface area (Å²) in [6.07, 6.45) is 79.5. The maximum Gasteiger partial charge on any atom is 0.472 e. The third-order valence-corrected chi connectivity index (χ3v) is 18.9. The fourth-order valence-electron chi connectivity index (χ4n) is 10.8. The van der Waals surface area contributed by atoms with Gasteiger partial charge in [0.25, 0.3) is 0 Å². The van der Waals surface area contributed by atoms with Crippen LogP contribution in [0.25, 0.3) is 0 Å².